The van der Waals surface area contributed by atoms with Crippen molar-refractivity contribution in [2.45, 2.75) is 51.7 Å². The highest BCUT2D eigenvalue weighted by Crippen LogP contribution is 2.35. The highest BCUT2D eigenvalue weighted by atomic mass is 16.8. The molecule has 6 nitrogen and oxygen atoms in total. The van der Waals surface area contributed by atoms with Gasteiger partial charge in [0, 0.05) is 0 Å². The van der Waals surface area contributed by atoms with E-state index in [4.69, 9.17) is 14.3 Å². The zero-order valence-electron chi connectivity index (χ0n) is 14.9. The standard InChI is InChI=1S/C19H26N2O4/c1-12(2)17(16-15-9-10-23-19(15)25-21-16)24-18(13(3)20-11-22)14-7-5-4-6-8-14/h4-8,11-13,15,17-19H,9-10H2,1-3H3,(H,20,22)/t13-,15+,17+,18-,19-/m0/s1. The van der Waals surface area contributed by atoms with Crippen molar-refractivity contribution in [2.24, 2.45) is 17.0 Å². The van der Waals surface area contributed by atoms with Gasteiger partial charge in [0.2, 0.25) is 12.7 Å². The van der Waals surface area contributed by atoms with Crippen LogP contribution in [0.25, 0.3) is 0 Å². The second-order valence-corrected chi connectivity index (χ2v) is 6.96. The van der Waals surface area contributed by atoms with Crippen LogP contribution in [0.3, 0.4) is 0 Å². The van der Waals surface area contributed by atoms with Crippen molar-refractivity contribution in [3.8, 4) is 0 Å². The molecule has 0 aliphatic carbocycles. The zero-order chi connectivity index (χ0) is 17.8. The molecule has 0 bridgehead atoms. The highest BCUT2D eigenvalue weighted by Gasteiger charge is 2.44. The summed E-state index contributed by atoms with van der Waals surface area (Å²) < 4.78 is 12.1. The molecule has 1 N–H and O–H groups in total. The van der Waals surface area contributed by atoms with Crippen molar-refractivity contribution < 1.29 is 19.1 Å². The number of carbonyl (C=O) groups excluding carboxylic acids is 1. The monoisotopic (exact) mass is 346 g/mol. The zero-order valence-corrected chi connectivity index (χ0v) is 14.9. The SMILES string of the molecule is CC(C)[C@@H](O[C@H](c1ccccc1)[C@H](C)NC=O)C1=NO[C@@H]2OCC[C@H]12. The summed E-state index contributed by atoms with van der Waals surface area (Å²) >= 11 is 0. The molecule has 0 aromatic heterocycles. The van der Waals surface area contributed by atoms with Crippen molar-refractivity contribution in [3.63, 3.8) is 0 Å². The van der Waals surface area contributed by atoms with Gasteiger partial charge in [-0.05, 0) is 24.8 Å². The molecule has 2 aliphatic heterocycles. The predicted octanol–water partition coefficient (Wildman–Crippen LogP) is 2.65. The summed E-state index contributed by atoms with van der Waals surface area (Å²) in [4.78, 5) is 16.4. The van der Waals surface area contributed by atoms with Gasteiger partial charge >= 0.3 is 0 Å². The Labute approximate surface area is 148 Å². The van der Waals surface area contributed by atoms with Crippen molar-refractivity contribution >= 4 is 12.1 Å². The molecular weight excluding hydrogens is 320 g/mol. The summed E-state index contributed by atoms with van der Waals surface area (Å²) in [6.45, 7) is 6.84. The lowest BCUT2D eigenvalue weighted by atomic mass is 9.90. The smallest absolute Gasteiger partial charge is 0.235 e. The Morgan fingerprint density at radius 1 is 1.24 bits per heavy atom. The van der Waals surface area contributed by atoms with Crippen molar-refractivity contribution in [3.05, 3.63) is 35.9 Å². The third-order valence-corrected chi connectivity index (χ3v) is 4.78. The molecule has 5 atom stereocenters. The third-order valence-electron chi connectivity index (χ3n) is 4.78. The van der Waals surface area contributed by atoms with E-state index in [0.717, 1.165) is 17.7 Å². The second-order valence-electron chi connectivity index (χ2n) is 6.96. The fraction of sp³-hybridized carbons (Fsp3) is 0.579. The van der Waals surface area contributed by atoms with E-state index in [1.165, 1.54) is 0 Å². The molecule has 6 heteroatoms. The van der Waals surface area contributed by atoms with Crippen LogP contribution in [0.5, 0.6) is 0 Å². The first-order valence-electron chi connectivity index (χ1n) is 8.87. The van der Waals surface area contributed by atoms with Crippen LogP contribution in [-0.2, 0) is 19.1 Å². The molecule has 1 saturated heterocycles. The van der Waals surface area contributed by atoms with E-state index < -0.39 is 0 Å². The van der Waals surface area contributed by atoms with Crippen LogP contribution in [0.2, 0.25) is 0 Å². The lowest BCUT2D eigenvalue weighted by Gasteiger charge is -2.32. The summed E-state index contributed by atoms with van der Waals surface area (Å²) in [5, 5.41) is 7.09. The molecule has 2 aliphatic rings. The van der Waals surface area contributed by atoms with Crippen LogP contribution >= 0.6 is 0 Å². The average molecular weight is 346 g/mol. The number of ether oxygens (including phenoxy) is 2. The second kappa shape index (κ2) is 7.97. The normalized spacial score (nSPS) is 25.7. The Morgan fingerprint density at radius 2 is 2.00 bits per heavy atom. The molecule has 1 aromatic carbocycles. The molecule has 0 spiro atoms. The molecule has 3 rings (SSSR count). The molecule has 1 amide bonds. The van der Waals surface area contributed by atoms with E-state index in [1.54, 1.807) is 0 Å². The minimum absolute atomic E-state index is 0.151. The van der Waals surface area contributed by atoms with Gasteiger partial charge in [0.15, 0.2) is 0 Å². The summed E-state index contributed by atoms with van der Waals surface area (Å²) in [7, 11) is 0. The van der Waals surface area contributed by atoms with Gasteiger partial charge in [-0.15, -0.1) is 0 Å². The minimum atomic E-state index is -0.277. The molecule has 1 fully saturated rings. The number of benzene rings is 1. The number of oxime groups is 1. The molecule has 25 heavy (non-hydrogen) atoms. The molecule has 0 radical (unpaired) electrons. The van der Waals surface area contributed by atoms with Gasteiger partial charge in [0.05, 0.1) is 24.3 Å². The summed E-state index contributed by atoms with van der Waals surface area (Å²) in [5.74, 6) is 0.370. The predicted molar refractivity (Wildman–Crippen MR) is 93.9 cm³/mol. The maximum Gasteiger partial charge on any atom is 0.235 e. The Morgan fingerprint density at radius 3 is 2.68 bits per heavy atom. The summed E-state index contributed by atoms with van der Waals surface area (Å²) in [6.07, 6.45) is 0.862. The Hall–Kier alpha value is -1.92. The molecule has 1 aromatic rings. The van der Waals surface area contributed by atoms with E-state index in [9.17, 15) is 4.79 Å². The Kier molecular flexibility index (Phi) is 5.71. The molecular formula is C19H26N2O4. The number of hydrogen-bond donors (Lipinski definition) is 1. The van der Waals surface area contributed by atoms with E-state index in [1.807, 2.05) is 37.3 Å². The van der Waals surface area contributed by atoms with Crippen molar-refractivity contribution in [2.75, 3.05) is 6.61 Å². The van der Waals surface area contributed by atoms with Crippen LogP contribution < -0.4 is 5.32 Å². The molecule has 2 heterocycles. The van der Waals surface area contributed by atoms with E-state index in [-0.39, 0.29) is 36.4 Å². The van der Waals surface area contributed by atoms with E-state index >= 15 is 0 Å². The number of fused-ring (bicyclic) bond motifs is 1. The summed E-state index contributed by atoms with van der Waals surface area (Å²) in [6, 6.07) is 9.77. The van der Waals surface area contributed by atoms with Crippen LogP contribution in [0.1, 0.15) is 38.9 Å². The highest BCUT2D eigenvalue weighted by molar-refractivity contribution is 5.92. The first-order valence-corrected chi connectivity index (χ1v) is 8.87. The largest absolute Gasteiger partial charge is 0.363 e. The first kappa shape index (κ1) is 17.9. The summed E-state index contributed by atoms with van der Waals surface area (Å²) in [5.41, 5.74) is 1.94. The maximum absolute atomic E-state index is 10.9. The van der Waals surface area contributed by atoms with Crippen LogP contribution in [-0.4, -0.2) is 37.2 Å². The topological polar surface area (TPSA) is 69.2 Å². The van der Waals surface area contributed by atoms with E-state index in [2.05, 4.69) is 24.3 Å². The number of amides is 1. The van der Waals surface area contributed by atoms with Gasteiger partial charge in [-0.25, -0.2) is 0 Å². The molecule has 0 unspecified atom stereocenters. The number of carbonyl (C=O) groups is 1. The van der Waals surface area contributed by atoms with Crippen LogP contribution in [0.15, 0.2) is 35.5 Å². The lowest BCUT2D eigenvalue weighted by molar-refractivity contribution is -0.111. The number of hydrogen-bond acceptors (Lipinski definition) is 5. The third kappa shape index (κ3) is 3.85. The quantitative estimate of drug-likeness (QED) is 0.735. The molecule has 136 valence electrons. The van der Waals surface area contributed by atoms with Gasteiger partial charge in [-0.1, -0.05) is 49.3 Å². The van der Waals surface area contributed by atoms with Gasteiger partial charge < -0.3 is 19.6 Å². The Balaban J connectivity index is 1.83. The lowest BCUT2D eigenvalue weighted by Crippen LogP contribution is -2.40. The minimum Gasteiger partial charge on any atom is -0.363 e. The first-order chi connectivity index (χ1) is 12.1. The van der Waals surface area contributed by atoms with Crippen molar-refractivity contribution in [1.82, 2.24) is 5.32 Å². The number of nitrogens with zero attached hydrogens (tertiary/aromatic N) is 1. The number of nitrogens with one attached hydrogen (secondary N) is 1. The van der Waals surface area contributed by atoms with Crippen molar-refractivity contribution in [1.29, 1.82) is 0 Å². The Bertz CT molecular complexity index is 605. The fourth-order valence-electron chi connectivity index (χ4n) is 3.45. The van der Waals surface area contributed by atoms with Crippen LogP contribution in [0, 0.1) is 11.8 Å². The maximum atomic E-state index is 10.9. The van der Waals surface area contributed by atoms with Gasteiger partial charge in [-0.2, -0.15) is 0 Å². The molecule has 0 saturated carbocycles. The van der Waals surface area contributed by atoms with E-state index in [0.29, 0.717) is 13.0 Å². The fourth-order valence-corrected chi connectivity index (χ4v) is 3.45. The van der Waals surface area contributed by atoms with Gasteiger partial charge in [0.25, 0.3) is 0 Å². The average Bonchev–Trinajstić information content (AvgIpc) is 3.20. The van der Waals surface area contributed by atoms with Crippen LogP contribution in [0.4, 0.5) is 0 Å². The number of rotatable bonds is 8. The van der Waals surface area contributed by atoms with Gasteiger partial charge in [0.1, 0.15) is 12.2 Å². The van der Waals surface area contributed by atoms with Gasteiger partial charge in [-0.3, -0.25) is 4.79 Å².